The summed E-state index contributed by atoms with van der Waals surface area (Å²) >= 11 is 1.93. The van der Waals surface area contributed by atoms with E-state index in [2.05, 4.69) is 12.4 Å². The quantitative estimate of drug-likeness (QED) is 0.896. The van der Waals surface area contributed by atoms with E-state index in [4.69, 9.17) is 9.72 Å². The minimum atomic E-state index is 0.546. The Morgan fingerprint density at radius 2 is 2.41 bits per heavy atom. The second-order valence-electron chi connectivity index (χ2n) is 5.09. The van der Waals surface area contributed by atoms with Crippen LogP contribution in [-0.2, 0) is 17.6 Å². The molecule has 1 aromatic heterocycles. The summed E-state index contributed by atoms with van der Waals surface area (Å²) in [7, 11) is 2.06. The molecular weight excluding hydrogens is 232 g/mol. The molecule has 17 heavy (non-hydrogen) atoms. The number of ether oxygens (including phenoxy) is 1. The number of rotatable bonds is 3. The van der Waals surface area contributed by atoms with Crippen molar-refractivity contribution in [3.63, 3.8) is 0 Å². The Balaban J connectivity index is 1.75. The van der Waals surface area contributed by atoms with Crippen molar-refractivity contribution >= 4 is 11.3 Å². The van der Waals surface area contributed by atoms with E-state index in [1.165, 1.54) is 41.3 Å². The zero-order chi connectivity index (χ0) is 11.7. The van der Waals surface area contributed by atoms with Crippen LogP contribution in [-0.4, -0.2) is 25.2 Å². The fourth-order valence-corrected chi connectivity index (χ4v) is 4.20. The van der Waals surface area contributed by atoms with Crippen LogP contribution < -0.4 is 5.32 Å². The van der Waals surface area contributed by atoms with Crippen molar-refractivity contribution in [3.8, 4) is 0 Å². The van der Waals surface area contributed by atoms with E-state index in [0.29, 0.717) is 12.0 Å². The van der Waals surface area contributed by atoms with Crippen LogP contribution in [0.1, 0.15) is 40.9 Å². The van der Waals surface area contributed by atoms with Crippen LogP contribution in [0, 0.1) is 5.92 Å². The summed E-state index contributed by atoms with van der Waals surface area (Å²) in [6, 6.07) is 0.546. The molecule has 0 saturated carbocycles. The third-order valence-electron chi connectivity index (χ3n) is 3.83. The minimum absolute atomic E-state index is 0.546. The number of thiazole rings is 1. The molecule has 94 valence electrons. The standard InChI is InChI=1S/C13H20N2OS/c1-14-10-3-2-4-11-13(10)17-12(15-11)7-9-5-6-16-8-9/h9-10,14H,2-8H2,1H3. The van der Waals surface area contributed by atoms with Gasteiger partial charge in [0.25, 0.3) is 0 Å². The lowest BCUT2D eigenvalue weighted by molar-refractivity contribution is 0.186. The predicted octanol–water partition coefficient (Wildman–Crippen LogP) is 2.32. The van der Waals surface area contributed by atoms with E-state index >= 15 is 0 Å². The first-order valence-electron chi connectivity index (χ1n) is 6.60. The zero-order valence-electron chi connectivity index (χ0n) is 10.4. The maximum atomic E-state index is 5.44. The van der Waals surface area contributed by atoms with Crippen molar-refractivity contribution < 1.29 is 4.74 Å². The van der Waals surface area contributed by atoms with Gasteiger partial charge in [0, 0.05) is 30.6 Å². The Labute approximate surface area is 107 Å². The van der Waals surface area contributed by atoms with Gasteiger partial charge in [-0.1, -0.05) is 0 Å². The van der Waals surface area contributed by atoms with E-state index in [1.54, 1.807) is 0 Å². The number of hydrogen-bond acceptors (Lipinski definition) is 4. The summed E-state index contributed by atoms with van der Waals surface area (Å²) in [5.74, 6) is 0.704. The number of fused-ring (bicyclic) bond motifs is 1. The monoisotopic (exact) mass is 252 g/mol. The van der Waals surface area contributed by atoms with Gasteiger partial charge in [0.15, 0.2) is 0 Å². The molecule has 0 aromatic carbocycles. The first-order chi connectivity index (χ1) is 8.36. The van der Waals surface area contributed by atoms with Crippen molar-refractivity contribution in [1.82, 2.24) is 10.3 Å². The lowest BCUT2D eigenvalue weighted by atomic mass is 9.98. The number of nitrogens with one attached hydrogen (secondary N) is 1. The molecule has 0 amide bonds. The van der Waals surface area contributed by atoms with Crippen LogP contribution in [0.2, 0.25) is 0 Å². The van der Waals surface area contributed by atoms with Gasteiger partial charge in [0.2, 0.25) is 0 Å². The molecule has 1 N–H and O–H groups in total. The molecule has 0 bridgehead atoms. The van der Waals surface area contributed by atoms with Gasteiger partial charge in [-0.05, 0) is 38.6 Å². The van der Waals surface area contributed by atoms with Crippen molar-refractivity contribution in [2.24, 2.45) is 5.92 Å². The molecule has 1 saturated heterocycles. The number of aryl methyl sites for hydroxylation is 1. The molecule has 2 aliphatic rings. The van der Waals surface area contributed by atoms with Crippen LogP contribution in [0.4, 0.5) is 0 Å². The Morgan fingerprint density at radius 3 is 3.18 bits per heavy atom. The van der Waals surface area contributed by atoms with E-state index in [1.807, 2.05) is 11.3 Å². The minimum Gasteiger partial charge on any atom is -0.381 e. The van der Waals surface area contributed by atoms with Crippen molar-refractivity contribution in [2.75, 3.05) is 20.3 Å². The first-order valence-corrected chi connectivity index (χ1v) is 7.42. The molecule has 1 aromatic rings. The third kappa shape index (κ3) is 2.39. The second-order valence-corrected chi connectivity index (χ2v) is 6.20. The smallest absolute Gasteiger partial charge is 0.0935 e. The third-order valence-corrected chi connectivity index (χ3v) is 5.06. The van der Waals surface area contributed by atoms with Crippen molar-refractivity contribution in [2.45, 2.75) is 38.1 Å². The maximum absolute atomic E-state index is 5.44. The summed E-state index contributed by atoms with van der Waals surface area (Å²) in [6.07, 6.45) is 6.03. The Hall–Kier alpha value is -0.450. The van der Waals surface area contributed by atoms with Crippen LogP contribution in [0.5, 0.6) is 0 Å². The molecule has 3 rings (SSSR count). The second kappa shape index (κ2) is 5.04. The Morgan fingerprint density at radius 1 is 1.47 bits per heavy atom. The highest BCUT2D eigenvalue weighted by Crippen LogP contribution is 2.35. The average Bonchev–Trinajstić information content (AvgIpc) is 2.97. The predicted molar refractivity (Wildman–Crippen MR) is 69.5 cm³/mol. The molecule has 0 spiro atoms. The van der Waals surface area contributed by atoms with Gasteiger partial charge in [-0.3, -0.25) is 0 Å². The highest BCUT2D eigenvalue weighted by Gasteiger charge is 2.25. The Kier molecular flexibility index (Phi) is 3.45. The summed E-state index contributed by atoms with van der Waals surface area (Å²) in [5.41, 5.74) is 1.36. The lowest BCUT2D eigenvalue weighted by Crippen LogP contribution is -2.19. The highest BCUT2D eigenvalue weighted by atomic mass is 32.1. The Bertz CT molecular complexity index is 385. The number of hydrogen-bond donors (Lipinski definition) is 1. The van der Waals surface area contributed by atoms with Gasteiger partial charge >= 0.3 is 0 Å². The normalized spacial score (nSPS) is 28.3. The molecular formula is C13H20N2OS. The van der Waals surface area contributed by atoms with E-state index in [9.17, 15) is 0 Å². The van der Waals surface area contributed by atoms with E-state index < -0.39 is 0 Å². The van der Waals surface area contributed by atoms with E-state index in [-0.39, 0.29) is 0 Å². The van der Waals surface area contributed by atoms with Crippen LogP contribution in [0.25, 0.3) is 0 Å². The molecule has 1 fully saturated rings. The van der Waals surface area contributed by atoms with Crippen LogP contribution in [0.15, 0.2) is 0 Å². The van der Waals surface area contributed by atoms with Gasteiger partial charge in [-0.2, -0.15) is 0 Å². The van der Waals surface area contributed by atoms with Gasteiger partial charge in [-0.25, -0.2) is 4.98 Å². The van der Waals surface area contributed by atoms with Crippen molar-refractivity contribution in [3.05, 3.63) is 15.6 Å². The first kappa shape index (κ1) is 11.6. The molecule has 0 radical (unpaired) electrons. The van der Waals surface area contributed by atoms with E-state index in [0.717, 1.165) is 19.6 Å². The van der Waals surface area contributed by atoms with Crippen LogP contribution >= 0.6 is 11.3 Å². The molecule has 2 heterocycles. The van der Waals surface area contributed by atoms with Gasteiger partial charge in [-0.15, -0.1) is 11.3 Å². The number of aromatic nitrogens is 1. The summed E-state index contributed by atoms with van der Waals surface area (Å²) in [4.78, 5) is 6.33. The van der Waals surface area contributed by atoms with Crippen molar-refractivity contribution in [1.29, 1.82) is 0 Å². The summed E-state index contributed by atoms with van der Waals surface area (Å²) < 4.78 is 5.44. The van der Waals surface area contributed by atoms with Gasteiger partial charge < -0.3 is 10.1 Å². The molecule has 1 aliphatic carbocycles. The number of nitrogens with zero attached hydrogens (tertiary/aromatic N) is 1. The fraction of sp³-hybridized carbons (Fsp3) is 0.769. The average molecular weight is 252 g/mol. The summed E-state index contributed by atoms with van der Waals surface area (Å²) in [6.45, 7) is 1.87. The van der Waals surface area contributed by atoms with Gasteiger partial charge in [0.1, 0.15) is 0 Å². The fourth-order valence-electron chi connectivity index (χ4n) is 2.82. The molecule has 2 unspecified atom stereocenters. The molecule has 4 heteroatoms. The molecule has 1 aliphatic heterocycles. The summed E-state index contributed by atoms with van der Waals surface area (Å²) in [5, 5.41) is 4.74. The SMILES string of the molecule is CNC1CCCc2nc(CC3CCOC3)sc21. The largest absolute Gasteiger partial charge is 0.381 e. The highest BCUT2D eigenvalue weighted by molar-refractivity contribution is 7.11. The molecule has 2 atom stereocenters. The maximum Gasteiger partial charge on any atom is 0.0935 e. The van der Waals surface area contributed by atoms with Crippen LogP contribution in [0.3, 0.4) is 0 Å². The zero-order valence-corrected chi connectivity index (χ0v) is 11.2. The molecule has 3 nitrogen and oxygen atoms in total. The topological polar surface area (TPSA) is 34.2 Å². The lowest BCUT2D eigenvalue weighted by Gasteiger charge is -2.20. The van der Waals surface area contributed by atoms with Gasteiger partial charge in [0.05, 0.1) is 10.7 Å².